The minimum Gasteiger partial charge on any atom is -0.450 e. The molecule has 0 unspecified atom stereocenters. The van der Waals surface area contributed by atoms with E-state index in [9.17, 15) is 9.59 Å². The first-order valence-electron chi connectivity index (χ1n) is 5.52. The molecular weight excluding hydrogens is 242 g/mol. The van der Waals surface area contributed by atoms with Crippen LogP contribution in [0.4, 0.5) is 9.59 Å². The van der Waals surface area contributed by atoms with Crippen LogP contribution in [0.15, 0.2) is 0 Å². The van der Waals surface area contributed by atoms with Crippen molar-refractivity contribution in [3.05, 3.63) is 0 Å². The molecule has 0 aromatic carbocycles. The minimum absolute atomic E-state index is 0.205. The first-order valence-corrected chi connectivity index (χ1v) is 5.52. The Hall–Kier alpha value is -2.17. The average Bonchev–Trinajstić information content (AvgIpc) is 2.34. The van der Waals surface area contributed by atoms with Crippen molar-refractivity contribution in [3.63, 3.8) is 0 Å². The zero-order valence-electron chi connectivity index (χ0n) is 10.2. The lowest BCUT2D eigenvalue weighted by atomic mass is 10.3. The first kappa shape index (κ1) is 15.8. The average molecular weight is 259 g/mol. The molecule has 2 amide bonds. The van der Waals surface area contributed by atoms with Gasteiger partial charge in [-0.25, -0.2) is 9.59 Å². The van der Waals surface area contributed by atoms with Crippen LogP contribution >= 0.6 is 0 Å². The summed E-state index contributed by atoms with van der Waals surface area (Å²) in [5, 5.41) is 12.7. The predicted molar refractivity (Wildman–Crippen MR) is 60.3 cm³/mol. The molecule has 0 aliphatic carbocycles. The third-order valence-corrected chi connectivity index (χ3v) is 1.68. The number of nitrogens with one attached hydrogen (secondary N) is 2. The zero-order chi connectivity index (χ0) is 13.6. The van der Waals surface area contributed by atoms with E-state index in [1.165, 1.54) is 6.26 Å². The molecule has 0 heterocycles. The maximum absolute atomic E-state index is 10.9. The van der Waals surface area contributed by atoms with Gasteiger partial charge in [-0.3, -0.25) is 5.32 Å². The molecule has 0 saturated carbocycles. The van der Waals surface area contributed by atoms with Gasteiger partial charge in [0.1, 0.15) is 0 Å². The summed E-state index contributed by atoms with van der Waals surface area (Å²) in [7, 11) is 0. The lowest BCUT2D eigenvalue weighted by Crippen LogP contribution is -2.26. The molecule has 0 spiro atoms. The summed E-state index contributed by atoms with van der Waals surface area (Å²) >= 11 is 0. The van der Waals surface area contributed by atoms with Crippen LogP contribution in [0, 0.1) is 11.5 Å². The molecule has 0 rings (SSSR count). The van der Waals surface area contributed by atoms with E-state index in [4.69, 9.17) is 14.7 Å². The summed E-state index contributed by atoms with van der Waals surface area (Å²) in [5.74, 6) is 0. The lowest BCUT2D eigenvalue weighted by molar-refractivity contribution is 0.121. The number of nitrogens with zero attached hydrogens (tertiary/aromatic N) is 1. The molecule has 0 fully saturated rings. The van der Waals surface area contributed by atoms with E-state index in [1.807, 2.05) is 0 Å². The molecule has 0 bridgehead atoms. The van der Waals surface area contributed by atoms with Gasteiger partial charge in [0.2, 0.25) is 0 Å². The summed E-state index contributed by atoms with van der Waals surface area (Å²) in [6, 6.07) is 0. The Morgan fingerprint density at radius 3 is 2.17 bits per heavy atom. The molecule has 102 valence electrons. The van der Waals surface area contributed by atoms with Gasteiger partial charge in [-0.2, -0.15) is 5.26 Å². The van der Waals surface area contributed by atoms with Crippen molar-refractivity contribution >= 4 is 12.2 Å². The normalized spacial score (nSPS) is 8.89. The van der Waals surface area contributed by atoms with E-state index in [2.05, 4.69) is 15.4 Å². The highest BCUT2D eigenvalue weighted by Crippen LogP contribution is 1.92. The van der Waals surface area contributed by atoms with E-state index in [1.54, 1.807) is 6.92 Å². The summed E-state index contributed by atoms with van der Waals surface area (Å²) in [6.07, 6.45) is 1.46. The number of hydrogen-bond donors (Lipinski definition) is 2. The number of nitriles is 1. The van der Waals surface area contributed by atoms with Gasteiger partial charge in [-0.05, 0) is 19.8 Å². The van der Waals surface area contributed by atoms with Crippen LogP contribution in [-0.4, -0.2) is 38.7 Å². The first-order chi connectivity index (χ1) is 8.70. The van der Waals surface area contributed by atoms with Crippen LogP contribution in [0.25, 0.3) is 0 Å². The van der Waals surface area contributed by atoms with Crippen LogP contribution in [0.5, 0.6) is 0 Å². The number of hydrogen-bond acceptors (Lipinski definition) is 6. The second-order valence-electron chi connectivity index (χ2n) is 3.07. The fourth-order valence-electron chi connectivity index (χ4n) is 0.908. The van der Waals surface area contributed by atoms with Crippen molar-refractivity contribution in [2.24, 2.45) is 0 Å². The molecule has 0 aromatic rings. The van der Waals surface area contributed by atoms with Gasteiger partial charge in [0.15, 0.2) is 6.73 Å². The molecule has 0 aromatic heterocycles. The summed E-state index contributed by atoms with van der Waals surface area (Å²) < 4.78 is 13.8. The van der Waals surface area contributed by atoms with Gasteiger partial charge in [0.05, 0.1) is 13.2 Å². The maximum Gasteiger partial charge on any atom is 0.409 e. The number of alkyl carbamates (subject to hydrolysis) is 2. The second-order valence-corrected chi connectivity index (χ2v) is 3.07. The van der Waals surface area contributed by atoms with Gasteiger partial charge in [0, 0.05) is 6.54 Å². The molecule has 0 saturated heterocycles. The Bertz CT molecular complexity index is 290. The van der Waals surface area contributed by atoms with Crippen molar-refractivity contribution in [3.8, 4) is 6.26 Å². The second kappa shape index (κ2) is 11.3. The van der Waals surface area contributed by atoms with E-state index in [-0.39, 0.29) is 19.9 Å². The molecule has 8 heteroatoms. The van der Waals surface area contributed by atoms with Gasteiger partial charge in [-0.1, -0.05) is 0 Å². The Labute approximate surface area is 105 Å². The smallest absolute Gasteiger partial charge is 0.409 e. The van der Waals surface area contributed by atoms with Crippen molar-refractivity contribution in [2.45, 2.75) is 19.8 Å². The molecule has 0 radical (unpaired) electrons. The topological polar surface area (TPSA) is 110 Å². The molecule has 0 aliphatic heterocycles. The molecule has 0 aliphatic rings. The summed E-state index contributed by atoms with van der Waals surface area (Å²) in [6.45, 7) is 2.58. The van der Waals surface area contributed by atoms with Crippen LogP contribution in [0.1, 0.15) is 19.8 Å². The molecular formula is C10H17N3O5. The van der Waals surface area contributed by atoms with E-state index in [0.717, 1.165) is 0 Å². The SMILES string of the molecule is CCNC(=O)OCCCCOC(=O)NCOC#N. The highest BCUT2D eigenvalue weighted by atomic mass is 16.6. The number of amides is 2. The number of rotatable bonds is 8. The molecule has 2 N–H and O–H groups in total. The van der Waals surface area contributed by atoms with Crippen LogP contribution in [0.2, 0.25) is 0 Å². The minimum atomic E-state index is -0.658. The fourth-order valence-corrected chi connectivity index (χ4v) is 0.908. The molecule has 8 nitrogen and oxygen atoms in total. The largest absolute Gasteiger partial charge is 0.450 e. The number of carbonyl (C=O) groups is 2. The monoisotopic (exact) mass is 259 g/mol. The van der Waals surface area contributed by atoms with Crippen molar-refractivity contribution in [1.29, 1.82) is 5.26 Å². The van der Waals surface area contributed by atoms with Crippen molar-refractivity contribution in [1.82, 2.24) is 10.6 Å². The van der Waals surface area contributed by atoms with Gasteiger partial charge in [-0.15, -0.1) is 0 Å². The van der Waals surface area contributed by atoms with E-state index < -0.39 is 12.2 Å². The fraction of sp³-hybridized carbons (Fsp3) is 0.700. The lowest BCUT2D eigenvalue weighted by Gasteiger charge is -2.06. The van der Waals surface area contributed by atoms with E-state index in [0.29, 0.717) is 19.4 Å². The number of carbonyl (C=O) groups excluding carboxylic acids is 2. The summed E-state index contributed by atoms with van der Waals surface area (Å²) in [5.41, 5.74) is 0. The van der Waals surface area contributed by atoms with Crippen LogP contribution in [0.3, 0.4) is 0 Å². The van der Waals surface area contributed by atoms with Crippen LogP contribution < -0.4 is 10.6 Å². The third-order valence-electron chi connectivity index (χ3n) is 1.68. The quantitative estimate of drug-likeness (QED) is 0.377. The predicted octanol–water partition coefficient (Wildman–Crippen LogP) is 0.694. The number of ether oxygens (including phenoxy) is 3. The van der Waals surface area contributed by atoms with Crippen molar-refractivity contribution < 1.29 is 23.8 Å². The Balaban J connectivity index is 3.27. The maximum atomic E-state index is 10.9. The van der Waals surface area contributed by atoms with E-state index >= 15 is 0 Å². The van der Waals surface area contributed by atoms with Gasteiger partial charge < -0.3 is 19.5 Å². The molecule has 18 heavy (non-hydrogen) atoms. The van der Waals surface area contributed by atoms with Crippen molar-refractivity contribution in [2.75, 3.05) is 26.5 Å². The molecule has 0 atom stereocenters. The number of unbranched alkanes of at least 4 members (excludes halogenated alkanes) is 1. The van der Waals surface area contributed by atoms with Gasteiger partial charge in [0.25, 0.3) is 6.26 Å². The Morgan fingerprint density at radius 1 is 1.11 bits per heavy atom. The Morgan fingerprint density at radius 2 is 1.67 bits per heavy atom. The van der Waals surface area contributed by atoms with Crippen LogP contribution in [-0.2, 0) is 14.2 Å². The Kier molecular flexibility index (Phi) is 9.95. The highest BCUT2D eigenvalue weighted by molar-refractivity contribution is 5.67. The highest BCUT2D eigenvalue weighted by Gasteiger charge is 2.01. The van der Waals surface area contributed by atoms with Gasteiger partial charge >= 0.3 is 12.2 Å². The standard InChI is InChI=1S/C10H17N3O5/c1-2-12-9(14)17-5-3-4-6-18-10(15)13-8-16-7-11/h2-6,8H2,1H3,(H,12,14)(H,13,15). The zero-order valence-corrected chi connectivity index (χ0v) is 10.2. The third kappa shape index (κ3) is 10.4. The summed E-state index contributed by atoms with van der Waals surface area (Å²) in [4.78, 5) is 21.8.